The predicted molar refractivity (Wildman–Crippen MR) is 135 cm³/mol. The number of hydrogen-bond acceptors (Lipinski definition) is 4. The number of carbonyl (C=O) groups is 1. The molecule has 194 valence electrons. The molecule has 6 rings (SSSR count). The molecule has 1 saturated heterocycles. The Balaban J connectivity index is 1.61. The molecule has 2 N–H and O–H groups in total. The quantitative estimate of drug-likeness (QED) is 0.345. The van der Waals surface area contributed by atoms with Crippen LogP contribution >= 0.6 is 0 Å². The van der Waals surface area contributed by atoms with Crippen molar-refractivity contribution < 1.29 is 28.2 Å². The van der Waals surface area contributed by atoms with Gasteiger partial charge in [0.1, 0.15) is 0 Å². The summed E-state index contributed by atoms with van der Waals surface area (Å²) in [6.07, 6.45) is 4.26. The molecular weight excluding hydrogens is 480 g/mol. The molecule has 4 aromatic rings. The standard InChI is InChI=1S/C28H29F2N3O4/c1-36-24-13-19(2-3-21(24)29)33-23-12-18-15-31-32-22(18)14-20(23)25(26(33)17-6-10-37-11-7-17)16-4-8-28(30,9-5-16)27(34)35/h2-3,12-17H,4-11H2,1H3,(H,31,32)(H,34,35). The molecule has 2 aromatic heterocycles. The van der Waals surface area contributed by atoms with E-state index in [1.807, 2.05) is 0 Å². The van der Waals surface area contributed by atoms with Gasteiger partial charge in [0.2, 0.25) is 5.67 Å². The number of alkyl halides is 1. The van der Waals surface area contributed by atoms with Gasteiger partial charge in [-0.15, -0.1) is 0 Å². The van der Waals surface area contributed by atoms with Crippen molar-refractivity contribution in [1.29, 1.82) is 0 Å². The predicted octanol–water partition coefficient (Wildman–Crippen LogP) is 6.00. The van der Waals surface area contributed by atoms with E-state index in [-0.39, 0.29) is 30.4 Å². The van der Waals surface area contributed by atoms with Gasteiger partial charge in [0, 0.05) is 47.4 Å². The summed E-state index contributed by atoms with van der Waals surface area (Å²) in [5.74, 6) is -1.49. The van der Waals surface area contributed by atoms with Gasteiger partial charge < -0.3 is 19.1 Å². The van der Waals surface area contributed by atoms with E-state index in [4.69, 9.17) is 9.47 Å². The molecular formula is C28H29F2N3O4. The molecule has 2 aromatic carbocycles. The lowest BCUT2D eigenvalue weighted by molar-refractivity contribution is -0.153. The maximum Gasteiger partial charge on any atom is 0.341 e. The van der Waals surface area contributed by atoms with E-state index in [9.17, 15) is 14.3 Å². The second-order valence-corrected chi connectivity index (χ2v) is 10.2. The van der Waals surface area contributed by atoms with E-state index in [1.165, 1.54) is 13.2 Å². The molecule has 1 aliphatic carbocycles. The largest absolute Gasteiger partial charge is 0.494 e. The van der Waals surface area contributed by atoms with Crippen LogP contribution in [0.2, 0.25) is 0 Å². The van der Waals surface area contributed by atoms with Crippen molar-refractivity contribution in [1.82, 2.24) is 14.8 Å². The van der Waals surface area contributed by atoms with E-state index in [1.54, 1.807) is 18.3 Å². The van der Waals surface area contributed by atoms with Crippen molar-refractivity contribution in [3.05, 3.63) is 53.6 Å². The zero-order chi connectivity index (χ0) is 25.7. The number of carboxylic acids is 1. The summed E-state index contributed by atoms with van der Waals surface area (Å²) in [6.45, 7) is 1.28. The summed E-state index contributed by atoms with van der Waals surface area (Å²) >= 11 is 0. The maximum atomic E-state index is 15.0. The number of aromatic amines is 1. The fourth-order valence-corrected chi connectivity index (χ4v) is 6.21. The van der Waals surface area contributed by atoms with Gasteiger partial charge in [0.05, 0.1) is 24.3 Å². The summed E-state index contributed by atoms with van der Waals surface area (Å²) in [7, 11) is 1.45. The van der Waals surface area contributed by atoms with Gasteiger partial charge in [-0.25, -0.2) is 13.6 Å². The van der Waals surface area contributed by atoms with Crippen LogP contribution in [0.5, 0.6) is 5.75 Å². The number of carboxylic acid groups (broad SMARTS) is 1. The summed E-state index contributed by atoms with van der Waals surface area (Å²) in [6, 6.07) is 9.03. The highest BCUT2D eigenvalue weighted by atomic mass is 19.1. The first-order valence-electron chi connectivity index (χ1n) is 12.7. The Morgan fingerprint density at radius 2 is 1.92 bits per heavy atom. The van der Waals surface area contributed by atoms with E-state index in [2.05, 4.69) is 26.9 Å². The van der Waals surface area contributed by atoms with Crippen LogP contribution in [0.15, 0.2) is 36.5 Å². The van der Waals surface area contributed by atoms with Gasteiger partial charge in [-0.05, 0) is 74.3 Å². The van der Waals surface area contributed by atoms with E-state index in [0.717, 1.165) is 51.6 Å². The van der Waals surface area contributed by atoms with Gasteiger partial charge >= 0.3 is 5.97 Å². The zero-order valence-corrected chi connectivity index (χ0v) is 20.6. The molecule has 0 atom stereocenters. The second kappa shape index (κ2) is 9.13. The number of benzene rings is 2. The van der Waals surface area contributed by atoms with Crippen LogP contribution in [0.4, 0.5) is 8.78 Å². The molecule has 0 bridgehead atoms. The number of hydrogen-bond donors (Lipinski definition) is 2. The zero-order valence-electron chi connectivity index (χ0n) is 20.6. The first kappa shape index (κ1) is 23.9. The third-order valence-corrected chi connectivity index (χ3v) is 8.17. The Bertz CT molecular complexity index is 1480. The summed E-state index contributed by atoms with van der Waals surface area (Å²) in [4.78, 5) is 11.6. The molecule has 0 unspecified atom stereocenters. The van der Waals surface area contributed by atoms with Crippen molar-refractivity contribution in [2.24, 2.45) is 0 Å². The van der Waals surface area contributed by atoms with E-state index >= 15 is 4.39 Å². The lowest BCUT2D eigenvalue weighted by Gasteiger charge is -2.33. The number of aliphatic carboxylic acids is 1. The highest BCUT2D eigenvalue weighted by Crippen LogP contribution is 2.48. The molecule has 1 saturated carbocycles. The van der Waals surface area contributed by atoms with E-state index in [0.29, 0.717) is 26.1 Å². The number of H-pyrrole nitrogens is 1. The Kier molecular flexibility index (Phi) is 5.90. The normalized spacial score (nSPS) is 23.1. The SMILES string of the molecule is COc1cc(-n2c(C3CCOCC3)c(C3CCC(F)(C(=O)O)CC3)c3cc4[nH]ncc4cc32)ccc1F. The number of fused-ring (bicyclic) bond motifs is 2. The van der Waals surface area contributed by atoms with Crippen LogP contribution in [-0.4, -0.2) is 51.8 Å². The molecule has 1 aliphatic heterocycles. The minimum atomic E-state index is -2.19. The molecule has 2 aliphatic rings. The molecule has 7 nitrogen and oxygen atoms in total. The summed E-state index contributed by atoms with van der Waals surface area (Å²) in [5, 5.41) is 18.7. The number of halogens is 2. The third kappa shape index (κ3) is 3.96. The van der Waals surface area contributed by atoms with Gasteiger partial charge in [0.15, 0.2) is 11.6 Å². The summed E-state index contributed by atoms with van der Waals surface area (Å²) < 4.78 is 42.6. The highest BCUT2D eigenvalue weighted by molar-refractivity contribution is 5.99. The number of nitrogens with one attached hydrogen (secondary N) is 1. The Hall–Kier alpha value is -3.46. The molecule has 9 heteroatoms. The van der Waals surface area contributed by atoms with Crippen LogP contribution in [0.3, 0.4) is 0 Å². The lowest BCUT2D eigenvalue weighted by atomic mass is 9.75. The maximum absolute atomic E-state index is 15.0. The average Bonchev–Trinajstić information content (AvgIpc) is 3.50. The van der Waals surface area contributed by atoms with Crippen LogP contribution in [0.1, 0.15) is 61.6 Å². The second-order valence-electron chi connectivity index (χ2n) is 10.2. The number of methoxy groups -OCH3 is 1. The van der Waals surface area contributed by atoms with Crippen LogP contribution < -0.4 is 4.74 Å². The van der Waals surface area contributed by atoms with Crippen LogP contribution in [-0.2, 0) is 9.53 Å². The fourth-order valence-electron chi connectivity index (χ4n) is 6.21. The van der Waals surface area contributed by atoms with Crippen LogP contribution in [0.25, 0.3) is 27.5 Å². The molecule has 3 heterocycles. The highest BCUT2D eigenvalue weighted by Gasteiger charge is 2.44. The van der Waals surface area contributed by atoms with Crippen LogP contribution in [0, 0.1) is 5.82 Å². The third-order valence-electron chi connectivity index (χ3n) is 8.17. The number of aromatic nitrogens is 3. The van der Waals surface area contributed by atoms with E-state index < -0.39 is 17.5 Å². The smallest absolute Gasteiger partial charge is 0.341 e. The number of ether oxygens (including phenoxy) is 2. The Labute approximate surface area is 212 Å². The molecule has 0 amide bonds. The van der Waals surface area contributed by atoms with Crippen molar-refractivity contribution in [2.75, 3.05) is 20.3 Å². The number of nitrogens with zero attached hydrogens (tertiary/aromatic N) is 2. The average molecular weight is 510 g/mol. The first-order chi connectivity index (χ1) is 17.9. The molecule has 2 fully saturated rings. The van der Waals surface area contributed by atoms with Gasteiger partial charge in [0.25, 0.3) is 0 Å². The molecule has 37 heavy (non-hydrogen) atoms. The van der Waals surface area contributed by atoms with Crippen molar-refractivity contribution in [2.45, 2.75) is 56.0 Å². The van der Waals surface area contributed by atoms with Gasteiger partial charge in [-0.2, -0.15) is 5.10 Å². The van der Waals surface area contributed by atoms with Gasteiger partial charge in [-0.3, -0.25) is 5.10 Å². The van der Waals surface area contributed by atoms with Crippen molar-refractivity contribution in [3.8, 4) is 11.4 Å². The Morgan fingerprint density at radius 3 is 2.62 bits per heavy atom. The topological polar surface area (TPSA) is 89.4 Å². The minimum absolute atomic E-state index is 0.00691. The minimum Gasteiger partial charge on any atom is -0.494 e. The van der Waals surface area contributed by atoms with Gasteiger partial charge in [-0.1, -0.05) is 0 Å². The lowest BCUT2D eigenvalue weighted by Crippen LogP contribution is -2.37. The monoisotopic (exact) mass is 509 g/mol. The van der Waals surface area contributed by atoms with Crippen molar-refractivity contribution in [3.63, 3.8) is 0 Å². The first-order valence-corrected chi connectivity index (χ1v) is 12.7. The number of rotatable bonds is 5. The fraction of sp³-hybridized carbons (Fsp3) is 0.429. The summed E-state index contributed by atoms with van der Waals surface area (Å²) in [5.41, 5.74) is 2.67. The molecule has 0 spiro atoms. The Morgan fingerprint density at radius 1 is 1.16 bits per heavy atom. The van der Waals surface area contributed by atoms with Crippen molar-refractivity contribution >= 4 is 27.8 Å². The molecule has 0 radical (unpaired) electrons.